The molecule has 0 bridgehead atoms. The molecular weight excluding hydrogens is 254 g/mol. The molecule has 2 saturated carbocycles. The van der Waals surface area contributed by atoms with Gasteiger partial charge in [-0.05, 0) is 32.1 Å². The molecule has 0 spiro atoms. The summed E-state index contributed by atoms with van der Waals surface area (Å²) in [4.78, 5) is 26.2. The third-order valence-corrected chi connectivity index (χ3v) is 5.09. The number of hydrogen-bond donors (Lipinski definition) is 0. The van der Waals surface area contributed by atoms with Crippen LogP contribution in [-0.4, -0.2) is 35.5 Å². The lowest BCUT2D eigenvalue weighted by atomic mass is 9.96. The van der Waals surface area contributed by atoms with Crippen LogP contribution < -0.4 is 0 Å². The van der Waals surface area contributed by atoms with E-state index < -0.39 is 0 Å². The Morgan fingerprint density at radius 1 is 1.00 bits per heavy atom. The Morgan fingerprint density at radius 2 is 1.70 bits per heavy atom. The normalized spacial score (nSPS) is 29.1. The third kappa shape index (κ3) is 2.99. The minimum Gasteiger partial charge on any atom is -0.462 e. The molecule has 112 valence electrons. The van der Waals surface area contributed by atoms with Gasteiger partial charge in [0.05, 0.1) is 5.92 Å². The van der Waals surface area contributed by atoms with E-state index in [1.54, 1.807) is 0 Å². The first kappa shape index (κ1) is 13.9. The van der Waals surface area contributed by atoms with Gasteiger partial charge in [0.1, 0.15) is 6.10 Å². The van der Waals surface area contributed by atoms with Crippen LogP contribution in [0.1, 0.15) is 64.2 Å². The van der Waals surface area contributed by atoms with Crippen LogP contribution in [0.25, 0.3) is 0 Å². The van der Waals surface area contributed by atoms with Crippen LogP contribution in [0.2, 0.25) is 0 Å². The van der Waals surface area contributed by atoms with E-state index in [1.807, 2.05) is 4.90 Å². The van der Waals surface area contributed by atoms with Crippen molar-refractivity contribution in [2.45, 2.75) is 76.4 Å². The van der Waals surface area contributed by atoms with Crippen molar-refractivity contribution in [1.82, 2.24) is 4.90 Å². The maximum atomic E-state index is 12.2. The van der Waals surface area contributed by atoms with Crippen LogP contribution in [0.3, 0.4) is 0 Å². The first-order valence-corrected chi connectivity index (χ1v) is 8.24. The highest BCUT2D eigenvalue weighted by Crippen LogP contribution is 2.30. The zero-order valence-corrected chi connectivity index (χ0v) is 12.2. The highest BCUT2D eigenvalue weighted by molar-refractivity contribution is 5.87. The Balaban J connectivity index is 1.55. The van der Waals surface area contributed by atoms with Crippen LogP contribution in [-0.2, 0) is 14.3 Å². The summed E-state index contributed by atoms with van der Waals surface area (Å²) in [5.74, 6) is -0.196. The van der Waals surface area contributed by atoms with Crippen LogP contribution in [0.4, 0.5) is 0 Å². The van der Waals surface area contributed by atoms with Gasteiger partial charge in [-0.1, -0.05) is 25.7 Å². The second kappa shape index (κ2) is 6.15. The molecular formula is C16H25NO3. The minimum atomic E-state index is -0.216. The van der Waals surface area contributed by atoms with Gasteiger partial charge in [0, 0.05) is 19.0 Å². The molecule has 4 nitrogen and oxygen atoms in total. The van der Waals surface area contributed by atoms with Crippen molar-refractivity contribution < 1.29 is 14.3 Å². The summed E-state index contributed by atoms with van der Waals surface area (Å²) in [6.45, 7) is 0.592. The van der Waals surface area contributed by atoms with Gasteiger partial charge in [0.15, 0.2) is 0 Å². The number of likely N-dealkylation sites (tertiary alicyclic amines) is 1. The summed E-state index contributed by atoms with van der Waals surface area (Å²) in [5.41, 5.74) is 0. The molecule has 3 fully saturated rings. The Bertz CT molecular complexity index is 370. The maximum absolute atomic E-state index is 12.2. The van der Waals surface area contributed by atoms with Gasteiger partial charge in [-0.3, -0.25) is 9.59 Å². The smallest absolute Gasteiger partial charge is 0.311 e. The molecule has 1 aliphatic heterocycles. The van der Waals surface area contributed by atoms with Crippen LogP contribution in [0, 0.1) is 5.92 Å². The number of nitrogens with zero attached hydrogens (tertiary/aromatic N) is 1. The predicted octanol–water partition coefficient (Wildman–Crippen LogP) is 2.65. The summed E-state index contributed by atoms with van der Waals surface area (Å²) in [5, 5.41) is 0. The maximum Gasteiger partial charge on any atom is 0.311 e. The summed E-state index contributed by atoms with van der Waals surface area (Å²) in [7, 11) is 0. The van der Waals surface area contributed by atoms with E-state index >= 15 is 0 Å². The molecule has 1 atom stereocenters. The highest BCUT2D eigenvalue weighted by Gasteiger charge is 2.39. The predicted molar refractivity (Wildman–Crippen MR) is 75.0 cm³/mol. The molecule has 3 rings (SSSR count). The van der Waals surface area contributed by atoms with E-state index in [-0.39, 0.29) is 23.9 Å². The standard InChI is InChI=1S/C16H25NO3/c18-15-10-12(16(19)20-14-8-5-9-14)11-17(15)13-6-3-1-2-4-7-13/h12-14H,1-11H2/t12-/m0/s1. The van der Waals surface area contributed by atoms with E-state index in [4.69, 9.17) is 4.74 Å². The third-order valence-electron chi connectivity index (χ3n) is 5.09. The number of rotatable bonds is 3. The highest BCUT2D eigenvalue weighted by atomic mass is 16.5. The fraction of sp³-hybridized carbons (Fsp3) is 0.875. The SMILES string of the molecule is O=C(OC1CCC1)[C@H]1CC(=O)N(C2CCCCCC2)C1. The van der Waals surface area contributed by atoms with Gasteiger partial charge >= 0.3 is 5.97 Å². The van der Waals surface area contributed by atoms with Gasteiger partial charge in [-0.25, -0.2) is 0 Å². The molecule has 0 aromatic heterocycles. The average Bonchev–Trinajstić information content (AvgIpc) is 2.63. The molecule has 0 aromatic carbocycles. The molecule has 0 radical (unpaired) electrons. The first-order chi connectivity index (χ1) is 9.74. The van der Waals surface area contributed by atoms with Crippen molar-refractivity contribution in [2.75, 3.05) is 6.54 Å². The number of hydrogen-bond acceptors (Lipinski definition) is 3. The summed E-state index contributed by atoms with van der Waals surface area (Å²) in [6, 6.07) is 0.367. The Morgan fingerprint density at radius 3 is 2.30 bits per heavy atom. The average molecular weight is 279 g/mol. The first-order valence-electron chi connectivity index (χ1n) is 8.24. The fourth-order valence-corrected chi connectivity index (χ4v) is 3.56. The molecule has 0 aromatic rings. The molecule has 0 unspecified atom stereocenters. The van der Waals surface area contributed by atoms with E-state index in [0.29, 0.717) is 19.0 Å². The second-order valence-electron chi connectivity index (χ2n) is 6.58. The minimum absolute atomic E-state index is 0.129. The van der Waals surface area contributed by atoms with Crippen molar-refractivity contribution in [3.63, 3.8) is 0 Å². The monoisotopic (exact) mass is 279 g/mol. The zero-order chi connectivity index (χ0) is 13.9. The fourth-order valence-electron chi connectivity index (χ4n) is 3.56. The molecule has 3 aliphatic rings. The van der Waals surface area contributed by atoms with Crippen LogP contribution in [0.15, 0.2) is 0 Å². The number of amides is 1. The number of carbonyl (C=O) groups is 2. The van der Waals surface area contributed by atoms with Gasteiger partial charge in [0.25, 0.3) is 0 Å². The summed E-state index contributed by atoms with van der Waals surface area (Å²) in [6.07, 6.45) is 10.9. The quantitative estimate of drug-likeness (QED) is 0.589. The largest absolute Gasteiger partial charge is 0.462 e. The lowest BCUT2D eigenvalue weighted by Crippen LogP contribution is -2.37. The lowest BCUT2D eigenvalue weighted by Gasteiger charge is -2.28. The molecule has 4 heteroatoms. The Kier molecular flexibility index (Phi) is 4.27. The lowest BCUT2D eigenvalue weighted by molar-refractivity contribution is -0.157. The van der Waals surface area contributed by atoms with Crippen molar-refractivity contribution in [1.29, 1.82) is 0 Å². The topological polar surface area (TPSA) is 46.6 Å². The van der Waals surface area contributed by atoms with Gasteiger partial charge in [-0.2, -0.15) is 0 Å². The van der Waals surface area contributed by atoms with E-state index in [9.17, 15) is 9.59 Å². The van der Waals surface area contributed by atoms with E-state index in [1.165, 1.54) is 25.7 Å². The number of esters is 1. The Labute approximate surface area is 120 Å². The molecule has 2 aliphatic carbocycles. The summed E-state index contributed by atoms with van der Waals surface area (Å²) < 4.78 is 5.46. The second-order valence-corrected chi connectivity index (χ2v) is 6.58. The molecule has 1 amide bonds. The van der Waals surface area contributed by atoms with E-state index in [2.05, 4.69) is 0 Å². The van der Waals surface area contributed by atoms with Crippen molar-refractivity contribution in [3.05, 3.63) is 0 Å². The van der Waals surface area contributed by atoms with Gasteiger partial charge in [-0.15, -0.1) is 0 Å². The molecule has 0 N–H and O–H groups in total. The molecule has 1 saturated heterocycles. The summed E-state index contributed by atoms with van der Waals surface area (Å²) >= 11 is 0. The van der Waals surface area contributed by atoms with E-state index in [0.717, 1.165) is 32.1 Å². The molecule has 20 heavy (non-hydrogen) atoms. The van der Waals surface area contributed by atoms with Gasteiger partial charge < -0.3 is 9.64 Å². The van der Waals surface area contributed by atoms with Crippen LogP contribution in [0.5, 0.6) is 0 Å². The van der Waals surface area contributed by atoms with Crippen molar-refractivity contribution in [3.8, 4) is 0 Å². The number of ether oxygens (including phenoxy) is 1. The van der Waals surface area contributed by atoms with Crippen molar-refractivity contribution in [2.24, 2.45) is 5.92 Å². The van der Waals surface area contributed by atoms with Crippen LogP contribution >= 0.6 is 0 Å². The number of carbonyl (C=O) groups excluding carboxylic acids is 2. The Hall–Kier alpha value is -1.06. The zero-order valence-electron chi connectivity index (χ0n) is 12.2. The van der Waals surface area contributed by atoms with Gasteiger partial charge in [0.2, 0.25) is 5.91 Å². The van der Waals surface area contributed by atoms with Crippen molar-refractivity contribution >= 4 is 11.9 Å². The molecule has 1 heterocycles.